The molecular formula is C17H18N4O2. The number of carbonyl (C=O) groups excluding carboxylic acids is 1. The van der Waals surface area contributed by atoms with Crippen molar-refractivity contribution >= 4 is 5.91 Å². The van der Waals surface area contributed by atoms with E-state index in [1.54, 1.807) is 6.07 Å². The van der Waals surface area contributed by atoms with Crippen LogP contribution < -0.4 is 5.32 Å². The SMILES string of the molecule is Cc1cc(C)n(CCNC(=O)c2cc(-c3ccccc3)on2)n1. The van der Waals surface area contributed by atoms with Crippen molar-refractivity contribution < 1.29 is 9.32 Å². The minimum atomic E-state index is -0.252. The number of nitrogens with zero attached hydrogens (tertiary/aromatic N) is 3. The molecule has 3 rings (SSSR count). The Hall–Kier alpha value is -2.89. The number of nitrogens with one attached hydrogen (secondary N) is 1. The highest BCUT2D eigenvalue weighted by molar-refractivity contribution is 5.93. The molecule has 0 saturated heterocycles. The van der Waals surface area contributed by atoms with Gasteiger partial charge in [0.05, 0.1) is 12.2 Å². The normalized spacial score (nSPS) is 10.7. The van der Waals surface area contributed by atoms with Gasteiger partial charge in [0.25, 0.3) is 5.91 Å². The van der Waals surface area contributed by atoms with Gasteiger partial charge < -0.3 is 9.84 Å². The summed E-state index contributed by atoms with van der Waals surface area (Å²) in [6.07, 6.45) is 0. The highest BCUT2D eigenvalue weighted by Crippen LogP contribution is 2.19. The van der Waals surface area contributed by atoms with Crippen molar-refractivity contribution in [2.45, 2.75) is 20.4 Å². The number of hydrogen-bond acceptors (Lipinski definition) is 4. The second kappa shape index (κ2) is 6.48. The number of aryl methyl sites for hydroxylation is 2. The average molecular weight is 310 g/mol. The van der Waals surface area contributed by atoms with Crippen molar-refractivity contribution in [3.63, 3.8) is 0 Å². The Morgan fingerprint density at radius 3 is 2.70 bits per heavy atom. The van der Waals surface area contributed by atoms with Crippen LogP contribution in [0.1, 0.15) is 21.9 Å². The highest BCUT2D eigenvalue weighted by atomic mass is 16.5. The van der Waals surface area contributed by atoms with Crippen molar-refractivity contribution in [3.05, 3.63) is 59.5 Å². The fourth-order valence-electron chi connectivity index (χ4n) is 2.39. The monoisotopic (exact) mass is 310 g/mol. The maximum atomic E-state index is 12.1. The number of rotatable bonds is 5. The molecule has 6 nitrogen and oxygen atoms in total. The molecule has 118 valence electrons. The molecule has 2 aromatic heterocycles. The summed E-state index contributed by atoms with van der Waals surface area (Å²) in [5.74, 6) is 0.326. The zero-order valence-electron chi connectivity index (χ0n) is 13.1. The molecule has 0 radical (unpaired) electrons. The fraction of sp³-hybridized carbons (Fsp3) is 0.235. The van der Waals surface area contributed by atoms with Gasteiger partial charge in [0.15, 0.2) is 11.5 Å². The number of amides is 1. The van der Waals surface area contributed by atoms with E-state index in [0.717, 1.165) is 17.0 Å². The quantitative estimate of drug-likeness (QED) is 0.786. The van der Waals surface area contributed by atoms with Crippen LogP contribution >= 0.6 is 0 Å². The number of benzene rings is 1. The fourth-order valence-corrected chi connectivity index (χ4v) is 2.39. The summed E-state index contributed by atoms with van der Waals surface area (Å²) >= 11 is 0. The van der Waals surface area contributed by atoms with Crippen LogP contribution in [0.15, 0.2) is 47.0 Å². The van der Waals surface area contributed by atoms with E-state index in [0.29, 0.717) is 18.8 Å². The lowest BCUT2D eigenvalue weighted by Gasteiger charge is -2.05. The molecule has 0 spiro atoms. The number of carbonyl (C=O) groups is 1. The summed E-state index contributed by atoms with van der Waals surface area (Å²) in [5.41, 5.74) is 3.21. The molecule has 0 aliphatic heterocycles. The summed E-state index contributed by atoms with van der Waals surface area (Å²) in [7, 11) is 0. The molecule has 0 bridgehead atoms. The van der Waals surface area contributed by atoms with Gasteiger partial charge in [-0.25, -0.2) is 0 Å². The first-order valence-corrected chi connectivity index (χ1v) is 7.45. The Bertz CT molecular complexity index is 805. The predicted molar refractivity (Wildman–Crippen MR) is 86.0 cm³/mol. The molecule has 0 atom stereocenters. The predicted octanol–water partition coefficient (Wildman–Crippen LogP) is 2.58. The standard InChI is InChI=1S/C17H18N4O2/c1-12-10-13(2)21(19-12)9-8-18-17(22)15-11-16(23-20-15)14-6-4-3-5-7-14/h3-7,10-11H,8-9H2,1-2H3,(H,18,22). The van der Waals surface area contributed by atoms with Crippen LogP contribution in [0.3, 0.4) is 0 Å². The third-order valence-electron chi connectivity index (χ3n) is 3.51. The molecule has 0 fully saturated rings. The van der Waals surface area contributed by atoms with Gasteiger partial charge in [-0.3, -0.25) is 9.48 Å². The first-order chi connectivity index (χ1) is 11.1. The van der Waals surface area contributed by atoms with E-state index in [-0.39, 0.29) is 11.6 Å². The third kappa shape index (κ3) is 3.48. The third-order valence-corrected chi connectivity index (χ3v) is 3.51. The Kier molecular flexibility index (Phi) is 4.23. The van der Waals surface area contributed by atoms with Crippen LogP contribution in [-0.2, 0) is 6.54 Å². The highest BCUT2D eigenvalue weighted by Gasteiger charge is 2.13. The van der Waals surface area contributed by atoms with E-state index in [2.05, 4.69) is 15.6 Å². The molecular weight excluding hydrogens is 292 g/mol. The summed E-state index contributed by atoms with van der Waals surface area (Å²) in [5, 5.41) is 11.0. The van der Waals surface area contributed by atoms with Gasteiger partial charge in [-0.2, -0.15) is 5.10 Å². The Morgan fingerprint density at radius 1 is 1.22 bits per heavy atom. The van der Waals surface area contributed by atoms with E-state index in [1.807, 2.05) is 54.9 Å². The minimum absolute atomic E-state index is 0.252. The zero-order valence-corrected chi connectivity index (χ0v) is 13.1. The van der Waals surface area contributed by atoms with Crippen LogP contribution in [0.2, 0.25) is 0 Å². The first kappa shape index (κ1) is 15.0. The summed E-state index contributed by atoms with van der Waals surface area (Å²) in [4.78, 5) is 12.1. The Labute approximate surface area is 134 Å². The molecule has 0 aliphatic rings. The van der Waals surface area contributed by atoms with Gasteiger partial charge in [-0.1, -0.05) is 35.5 Å². The minimum Gasteiger partial charge on any atom is -0.355 e. The molecule has 2 heterocycles. The summed E-state index contributed by atoms with van der Waals surface area (Å²) < 4.78 is 7.10. The van der Waals surface area contributed by atoms with E-state index in [1.165, 1.54) is 0 Å². The van der Waals surface area contributed by atoms with Crippen LogP contribution in [0.5, 0.6) is 0 Å². The van der Waals surface area contributed by atoms with Gasteiger partial charge in [0.2, 0.25) is 0 Å². The first-order valence-electron chi connectivity index (χ1n) is 7.45. The number of aromatic nitrogens is 3. The maximum Gasteiger partial charge on any atom is 0.273 e. The van der Waals surface area contributed by atoms with Crippen LogP contribution in [-0.4, -0.2) is 27.4 Å². The smallest absolute Gasteiger partial charge is 0.273 e. The van der Waals surface area contributed by atoms with Crippen molar-refractivity contribution in [1.29, 1.82) is 0 Å². The van der Waals surface area contributed by atoms with Gasteiger partial charge in [-0.05, 0) is 19.9 Å². The number of hydrogen-bond donors (Lipinski definition) is 1. The Balaban J connectivity index is 1.59. The van der Waals surface area contributed by atoms with Crippen molar-refractivity contribution in [3.8, 4) is 11.3 Å². The van der Waals surface area contributed by atoms with E-state index >= 15 is 0 Å². The van der Waals surface area contributed by atoms with Crippen molar-refractivity contribution in [1.82, 2.24) is 20.3 Å². The lowest BCUT2D eigenvalue weighted by atomic mass is 10.1. The van der Waals surface area contributed by atoms with Crippen LogP contribution in [0, 0.1) is 13.8 Å². The average Bonchev–Trinajstić information content (AvgIpc) is 3.15. The molecule has 23 heavy (non-hydrogen) atoms. The molecule has 6 heteroatoms. The second-order valence-corrected chi connectivity index (χ2v) is 5.35. The molecule has 0 unspecified atom stereocenters. The molecule has 0 saturated carbocycles. The van der Waals surface area contributed by atoms with Gasteiger partial charge in [0.1, 0.15) is 0 Å². The largest absolute Gasteiger partial charge is 0.355 e. The van der Waals surface area contributed by atoms with E-state index in [4.69, 9.17) is 4.52 Å². The topological polar surface area (TPSA) is 73.0 Å². The van der Waals surface area contributed by atoms with Gasteiger partial charge in [-0.15, -0.1) is 0 Å². The van der Waals surface area contributed by atoms with E-state index < -0.39 is 0 Å². The molecule has 0 aliphatic carbocycles. The van der Waals surface area contributed by atoms with Crippen molar-refractivity contribution in [2.75, 3.05) is 6.54 Å². The Morgan fingerprint density at radius 2 is 2.00 bits per heavy atom. The lowest BCUT2D eigenvalue weighted by Crippen LogP contribution is -2.28. The second-order valence-electron chi connectivity index (χ2n) is 5.35. The zero-order chi connectivity index (χ0) is 16.2. The van der Waals surface area contributed by atoms with Crippen LogP contribution in [0.4, 0.5) is 0 Å². The molecule has 1 N–H and O–H groups in total. The van der Waals surface area contributed by atoms with Gasteiger partial charge in [0, 0.05) is 23.9 Å². The molecule has 3 aromatic rings. The lowest BCUT2D eigenvalue weighted by molar-refractivity contribution is 0.0943. The van der Waals surface area contributed by atoms with Crippen molar-refractivity contribution in [2.24, 2.45) is 0 Å². The maximum absolute atomic E-state index is 12.1. The van der Waals surface area contributed by atoms with E-state index in [9.17, 15) is 4.79 Å². The molecule has 1 amide bonds. The van der Waals surface area contributed by atoms with Crippen LogP contribution in [0.25, 0.3) is 11.3 Å². The summed E-state index contributed by atoms with van der Waals surface area (Å²) in [6, 6.07) is 13.2. The molecule has 1 aromatic carbocycles. The summed E-state index contributed by atoms with van der Waals surface area (Å²) in [6.45, 7) is 5.04. The van der Waals surface area contributed by atoms with Gasteiger partial charge >= 0.3 is 0 Å².